The van der Waals surface area contributed by atoms with Crippen molar-refractivity contribution in [2.24, 2.45) is 0 Å². The molecule has 0 bridgehead atoms. The molecule has 1 saturated carbocycles. The summed E-state index contributed by atoms with van der Waals surface area (Å²) in [5.74, 6) is 1.75. The van der Waals surface area contributed by atoms with E-state index in [-0.39, 0.29) is 18.4 Å². The minimum Gasteiger partial charge on any atom is -0.465 e. The molecule has 1 heterocycles. The maximum absolute atomic E-state index is 11.8. The van der Waals surface area contributed by atoms with Crippen LogP contribution in [-0.4, -0.2) is 35.1 Å². The largest absolute Gasteiger partial charge is 0.465 e. The fraction of sp³-hybridized carbons (Fsp3) is 0.667. The van der Waals surface area contributed by atoms with Crippen LogP contribution in [0.25, 0.3) is 0 Å². The molecular formula is C15H23N3O2. The molecule has 5 nitrogen and oxygen atoms in total. The predicted octanol–water partition coefficient (Wildman–Crippen LogP) is 2.44. The van der Waals surface area contributed by atoms with E-state index in [2.05, 4.69) is 28.7 Å². The number of carbonyl (C=O) groups is 1. The second-order valence-corrected chi connectivity index (χ2v) is 5.54. The van der Waals surface area contributed by atoms with Gasteiger partial charge in [0.2, 0.25) is 0 Å². The van der Waals surface area contributed by atoms with E-state index in [1.54, 1.807) is 0 Å². The smallest absolute Gasteiger partial charge is 0.325 e. The van der Waals surface area contributed by atoms with Gasteiger partial charge in [-0.2, -0.15) is 0 Å². The fourth-order valence-corrected chi connectivity index (χ4v) is 2.11. The first-order valence-corrected chi connectivity index (χ1v) is 7.29. The van der Waals surface area contributed by atoms with Crippen molar-refractivity contribution in [2.75, 3.05) is 18.1 Å². The highest BCUT2D eigenvalue weighted by molar-refractivity contribution is 5.75. The normalized spacial score (nSPS) is 14.4. The second-order valence-electron chi connectivity index (χ2n) is 5.54. The summed E-state index contributed by atoms with van der Waals surface area (Å²) in [6.07, 6.45) is 2.22. The molecule has 110 valence electrons. The summed E-state index contributed by atoms with van der Waals surface area (Å²) in [6.45, 7) is 8.62. The van der Waals surface area contributed by atoms with Crippen LogP contribution in [0.3, 0.4) is 0 Å². The van der Waals surface area contributed by atoms with Crippen molar-refractivity contribution in [3.8, 4) is 0 Å². The quantitative estimate of drug-likeness (QED) is 0.748. The van der Waals surface area contributed by atoms with E-state index in [1.807, 2.05) is 19.9 Å². The molecule has 0 aliphatic heterocycles. The molecule has 0 saturated heterocycles. The zero-order valence-corrected chi connectivity index (χ0v) is 12.7. The summed E-state index contributed by atoms with van der Waals surface area (Å²) in [7, 11) is 0. The Bertz CT molecular complexity index is 484. The SMILES string of the molecule is CCOC(=O)CN(c1cc(C)nc(C(C)C)n1)C1CC1. The lowest BCUT2D eigenvalue weighted by Gasteiger charge is -2.23. The average Bonchev–Trinajstić information content (AvgIpc) is 3.19. The van der Waals surface area contributed by atoms with Gasteiger partial charge in [0.15, 0.2) is 0 Å². The lowest BCUT2D eigenvalue weighted by atomic mass is 10.2. The van der Waals surface area contributed by atoms with Crippen molar-refractivity contribution < 1.29 is 9.53 Å². The summed E-state index contributed by atoms with van der Waals surface area (Å²) >= 11 is 0. The van der Waals surface area contributed by atoms with Gasteiger partial charge in [0.25, 0.3) is 0 Å². The highest BCUT2D eigenvalue weighted by Gasteiger charge is 2.32. The van der Waals surface area contributed by atoms with E-state index in [4.69, 9.17) is 4.74 Å². The van der Waals surface area contributed by atoms with Crippen LogP contribution < -0.4 is 4.90 Å². The predicted molar refractivity (Wildman–Crippen MR) is 77.9 cm³/mol. The molecule has 0 radical (unpaired) electrons. The third-order valence-corrected chi connectivity index (χ3v) is 3.26. The van der Waals surface area contributed by atoms with Gasteiger partial charge in [-0.15, -0.1) is 0 Å². The third kappa shape index (κ3) is 3.68. The molecule has 1 aromatic rings. The van der Waals surface area contributed by atoms with Gasteiger partial charge in [0.1, 0.15) is 18.2 Å². The second kappa shape index (κ2) is 6.20. The van der Waals surface area contributed by atoms with E-state index in [9.17, 15) is 4.79 Å². The van der Waals surface area contributed by atoms with Crippen LogP contribution in [0.5, 0.6) is 0 Å². The molecule has 0 unspecified atom stereocenters. The molecule has 1 aliphatic rings. The number of carbonyl (C=O) groups excluding carboxylic acids is 1. The third-order valence-electron chi connectivity index (χ3n) is 3.26. The first-order valence-electron chi connectivity index (χ1n) is 7.29. The van der Waals surface area contributed by atoms with Gasteiger partial charge in [0, 0.05) is 23.7 Å². The number of ether oxygens (including phenoxy) is 1. The van der Waals surface area contributed by atoms with Crippen LogP contribution in [0, 0.1) is 6.92 Å². The van der Waals surface area contributed by atoms with Crippen LogP contribution in [0.1, 0.15) is 51.0 Å². The van der Waals surface area contributed by atoms with Crippen LogP contribution in [0.15, 0.2) is 6.07 Å². The lowest BCUT2D eigenvalue weighted by molar-refractivity contribution is -0.141. The van der Waals surface area contributed by atoms with Crippen molar-refractivity contribution in [1.29, 1.82) is 0 Å². The molecule has 0 aromatic carbocycles. The summed E-state index contributed by atoms with van der Waals surface area (Å²) in [5, 5.41) is 0. The van der Waals surface area contributed by atoms with E-state index < -0.39 is 0 Å². The van der Waals surface area contributed by atoms with Crippen molar-refractivity contribution in [1.82, 2.24) is 9.97 Å². The summed E-state index contributed by atoms with van der Waals surface area (Å²) in [5.41, 5.74) is 0.938. The zero-order valence-electron chi connectivity index (χ0n) is 12.7. The maximum Gasteiger partial charge on any atom is 0.325 e. The first-order chi connectivity index (χ1) is 9.51. The Morgan fingerprint density at radius 1 is 1.45 bits per heavy atom. The van der Waals surface area contributed by atoms with E-state index in [0.717, 1.165) is 30.2 Å². The summed E-state index contributed by atoms with van der Waals surface area (Å²) < 4.78 is 5.06. The number of hydrogen-bond acceptors (Lipinski definition) is 5. The number of aryl methyl sites for hydroxylation is 1. The van der Waals surface area contributed by atoms with Crippen molar-refractivity contribution >= 4 is 11.8 Å². The van der Waals surface area contributed by atoms with Crippen molar-refractivity contribution in [3.05, 3.63) is 17.6 Å². The van der Waals surface area contributed by atoms with E-state index in [0.29, 0.717) is 12.6 Å². The molecule has 1 aromatic heterocycles. The molecule has 0 amide bonds. The number of nitrogens with zero attached hydrogens (tertiary/aromatic N) is 3. The Labute approximate surface area is 120 Å². The average molecular weight is 277 g/mol. The number of hydrogen-bond donors (Lipinski definition) is 0. The Morgan fingerprint density at radius 3 is 2.70 bits per heavy atom. The van der Waals surface area contributed by atoms with Gasteiger partial charge >= 0.3 is 5.97 Å². The molecule has 1 fully saturated rings. The van der Waals surface area contributed by atoms with Gasteiger partial charge < -0.3 is 9.64 Å². The zero-order chi connectivity index (χ0) is 14.7. The van der Waals surface area contributed by atoms with Gasteiger partial charge in [-0.1, -0.05) is 13.8 Å². The molecule has 5 heteroatoms. The number of esters is 1. The van der Waals surface area contributed by atoms with Crippen LogP contribution in [-0.2, 0) is 9.53 Å². The van der Waals surface area contributed by atoms with Crippen LogP contribution in [0.4, 0.5) is 5.82 Å². The highest BCUT2D eigenvalue weighted by Crippen LogP contribution is 2.31. The van der Waals surface area contributed by atoms with Crippen LogP contribution in [0.2, 0.25) is 0 Å². The number of anilines is 1. The standard InChI is InChI=1S/C15H23N3O2/c1-5-20-14(19)9-18(12-6-7-12)13-8-11(4)16-15(17-13)10(2)3/h8,10,12H,5-7,9H2,1-4H3. The summed E-state index contributed by atoms with van der Waals surface area (Å²) in [4.78, 5) is 22.9. The van der Waals surface area contributed by atoms with Crippen molar-refractivity contribution in [2.45, 2.75) is 52.5 Å². The Balaban J connectivity index is 2.22. The van der Waals surface area contributed by atoms with Gasteiger partial charge in [0.05, 0.1) is 6.61 Å². The minimum absolute atomic E-state index is 0.193. The Hall–Kier alpha value is -1.65. The maximum atomic E-state index is 11.8. The first kappa shape index (κ1) is 14.8. The van der Waals surface area contributed by atoms with Gasteiger partial charge in [-0.05, 0) is 26.7 Å². The number of aromatic nitrogens is 2. The molecule has 1 aliphatic carbocycles. The molecule has 0 atom stereocenters. The topological polar surface area (TPSA) is 55.3 Å². The molecule has 2 rings (SSSR count). The monoisotopic (exact) mass is 277 g/mol. The Kier molecular flexibility index (Phi) is 4.57. The van der Waals surface area contributed by atoms with Gasteiger partial charge in [-0.3, -0.25) is 4.79 Å². The number of rotatable bonds is 6. The fourth-order valence-electron chi connectivity index (χ4n) is 2.11. The Morgan fingerprint density at radius 2 is 2.15 bits per heavy atom. The molecule has 0 spiro atoms. The minimum atomic E-state index is -0.193. The summed E-state index contributed by atoms with van der Waals surface area (Å²) in [6, 6.07) is 2.36. The van der Waals surface area contributed by atoms with Crippen LogP contribution >= 0.6 is 0 Å². The molecule has 20 heavy (non-hydrogen) atoms. The van der Waals surface area contributed by atoms with E-state index >= 15 is 0 Å². The molecule has 0 N–H and O–H groups in total. The lowest BCUT2D eigenvalue weighted by Crippen LogP contribution is -2.34. The van der Waals surface area contributed by atoms with Crippen molar-refractivity contribution in [3.63, 3.8) is 0 Å². The highest BCUT2D eigenvalue weighted by atomic mass is 16.5. The van der Waals surface area contributed by atoms with Gasteiger partial charge in [-0.25, -0.2) is 9.97 Å². The molecular weight excluding hydrogens is 254 g/mol. The van der Waals surface area contributed by atoms with E-state index in [1.165, 1.54) is 0 Å².